The summed E-state index contributed by atoms with van der Waals surface area (Å²) in [6, 6.07) is 7.66. The molecule has 1 rings (SSSR count). The first-order valence-corrected chi connectivity index (χ1v) is 5.37. The standard InChI is InChI=1S/C8H9ClN2S2/c9-7-3-1-6(2-4-7)5-13-11-8(10)12/h1-4H,5H2,(H3,10,11,12). The van der Waals surface area contributed by atoms with Crippen molar-refractivity contribution in [2.75, 3.05) is 0 Å². The van der Waals surface area contributed by atoms with Gasteiger partial charge in [0.1, 0.15) is 0 Å². The molecule has 0 radical (unpaired) electrons. The zero-order chi connectivity index (χ0) is 9.68. The molecular weight excluding hydrogens is 224 g/mol. The first-order valence-electron chi connectivity index (χ1n) is 3.60. The van der Waals surface area contributed by atoms with E-state index in [4.69, 9.17) is 17.3 Å². The van der Waals surface area contributed by atoms with Crippen LogP contribution in [0.1, 0.15) is 5.56 Å². The normalized spacial score (nSPS) is 9.62. The highest BCUT2D eigenvalue weighted by atomic mass is 35.5. The summed E-state index contributed by atoms with van der Waals surface area (Å²) in [5.74, 6) is 0.814. The van der Waals surface area contributed by atoms with E-state index in [0.29, 0.717) is 5.11 Å². The lowest BCUT2D eigenvalue weighted by atomic mass is 10.2. The van der Waals surface area contributed by atoms with Crippen LogP contribution in [-0.4, -0.2) is 5.11 Å². The van der Waals surface area contributed by atoms with Gasteiger partial charge in [-0.3, -0.25) is 0 Å². The van der Waals surface area contributed by atoms with E-state index in [1.165, 1.54) is 17.5 Å². The minimum atomic E-state index is 0.305. The highest BCUT2D eigenvalue weighted by molar-refractivity contribution is 7.98. The molecule has 13 heavy (non-hydrogen) atoms. The zero-order valence-corrected chi connectivity index (χ0v) is 9.18. The van der Waals surface area contributed by atoms with Gasteiger partial charge >= 0.3 is 0 Å². The average Bonchev–Trinajstić information content (AvgIpc) is 2.08. The van der Waals surface area contributed by atoms with Crippen molar-refractivity contribution in [3.63, 3.8) is 0 Å². The molecular formula is C8H9ClN2S2. The summed E-state index contributed by atoms with van der Waals surface area (Å²) in [6.07, 6.45) is 0. The SMILES string of the molecule is NC(=S)NSCc1ccc(Cl)cc1. The number of benzene rings is 1. The third-order valence-electron chi connectivity index (χ3n) is 1.32. The Labute approximate surface area is 92.0 Å². The summed E-state index contributed by atoms with van der Waals surface area (Å²) in [4.78, 5) is 0. The summed E-state index contributed by atoms with van der Waals surface area (Å²) < 4.78 is 2.80. The van der Waals surface area contributed by atoms with Gasteiger partial charge in [-0.15, -0.1) is 0 Å². The van der Waals surface area contributed by atoms with Crippen LogP contribution in [0.2, 0.25) is 5.02 Å². The first-order chi connectivity index (χ1) is 6.18. The van der Waals surface area contributed by atoms with Gasteiger partial charge in [0.25, 0.3) is 0 Å². The van der Waals surface area contributed by atoms with Gasteiger partial charge in [0.05, 0.1) is 0 Å². The number of hydrogen-bond donors (Lipinski definition) is 2. The molecule has 3 N–H and O–H groups in total. The summed E-state index contributed by atoms with van der Waals surface area (Å²) in [7, 11) is 0. The summed E-state index contributed by atoms with van der Waals surface area (Å²) in [5.41, 5.74) is 6.44. The van der Waals surface area contributed by atoms with Crippen LogP contribution in [0, 0.1) is 0 Å². The number of nitrogens with two attached hydrogens (primary N) is 1. The molecule has 0 saturated heterocycles. The molecule has 0 unspecified atom stereocenters. The van der Waals surface area contributed by atoms with Gasteiger partial charge in [-0.2, -0.15) is 0 Å². The fourth-order valence-electron chi connectivity index (χ4n) is 0.771. The van der Waals surface area contributed by atoms with Gasteiger partial charge in [-0.05, 0) is 41.9 Å². The molecule has 2 nitrogen and oxygen atoms in total. The van der Waals surface area contributed by atoms with Crippen molar-refractivity contribution < 1.29 is 0 Å². The van der Waals surface area contributed by atoms with Crippen molar-refractivity contribution in [2.24, 2.45) is 5.73 Å². The highest BCUT2D eigenvalue weighted by Gasteiger charge is 1.93. The molecule has 0 spiro atoms. The number of nitrogens with one attached hydrogen (secondary N) is 1. The molecule has 0 aliphatic carbocycles. The molecule has 0 saturated carbocycles. The van der Waals surface area contributed by atoms with Crippen molar-refractivity contribution in [1.82, 2.24) is 4.72 Å². The molecule has 0 aliphatic rings. The second kappa shape index (κ2) is 5.32. The molecule has 5 heteroatoms. The summed E-state index contributed by atoms with van der Waals surface area (Å²) >= 11 is 11.9. The van der Waals surface area contributed by atoms with Crippen molar-refractivity contribution >= 4 is 40.9 Å². The number of halogens is 1. The first kappa shape index (κ1) is 10.6. The van der Waals surface area contributed by atoms with Crippen LogP contribution in [0.5, 0.6) is 0 Å². The van der Waals surface area contributed by atoms with Crippen molar-refractivity contribution in [3.05, 3.63) is 34.9 Å². The Morgan fingerprint density at radius 3 is 2.62 bits per heavy atom. The van der Waals surface area contributed by atoms with Crippen molar-refractivity contribution in [3.8, 4) is 0 Å². The van der Waals surface area contributed by atoms with Crippen LogP contribution < -0.4 is 10.5 Å². The van der Waals surface area contributed by atoms with E-state index < -0.39 is 0 Å². The smallest absolute Gasteiger partial charge is 0.173 e. The Morgan fingerprint density at radius 1 is 1.46 bits per heavy atom. The summed E-state index contributed by atoms with van der Waals surface area (Å²) in [5, 5.41) is 1.05. The predicted molar refractivity (Wildman–Crippen MR) is 62.7 cm³/mol. The van der Waals surface area contributed by atoms with E-state index in [9.17, 15) is 0 Å². The van der Waals surface area contributed by atoms with Crippen LogP contribution in [-0.2, 0) is 5.75 Å². The Kier molecular flexibility index (Phi) is 4.35. The Balaban J connectivity index is 2.37. The lowest BCUT2D eigenvalue weighted by molar-refractivity contribution is 1.38. The average molecular weight is 233 g/mol. The fourth-order valence-corrected chi connectivity index (χ4v) is 1.65. The maximum atomic E-state index is 5.73. The highest BCUT2D eigenvalue weighted by Crippen LogP contribution is 2.13. The van der Waals surface area contributed by atoms with Crippen LogP contribution in [0.15, 0.2) is 24.3 Å². The Bertz CT molecular complexity index is 287. The van der Waals surface area contributed by atoms with Gasteiger partial charge in [-0.1, -0.05) is 23.7 Å². The lowest BCUT2D eigenvalue weighted by Crippen LogP contribution is -2.22. The second-order valence-corrected chi connectivity index (χ2v) is 4.04. The second-order valence-electron chi connectivity index (χ2n) is 2.38. The molecule has 0 aliphatic heterocycles. The van der Waals surface area contributed by atoms with E-state index in [1.54, 1.807) is 0 Å². The number of rotatable bonds is 3. The molecule has 1 aromatic carbocycles. The van der Waals surface area contributed by atoms with Crippen LogP contribution in [0.4, 0.5) is 0 Å². The summed E-state index contributed by atoms with van der Waals surface area (Å²) in [6.45, 7) is 0. The van der Waals surface area contributed by atoms with E-state index in [-0.39, 0.29) is 0 Å². The van der Waals surface area contributed by atoms with E-state index >= 15 is 0 Å². The Hall–Kier alpha value is -0.450. The number of thiocarbonyl (C=S) groups is 1. The van der Waals surface area contributed by atoms with Gasteiger partial charge in [0.2, 0.25) is 0 Å². The number of hydrogen-bond acceptors (Lipinski definition) is 2. The third kappa shape index (κ3) is 4.36. The third-order valence-corrected chi connectivity index (χ3v) is 2.65. The molecule has 0 heterocycles. The van der Waals surface area contributed by atoms with Gasteiger partial charge in [0, 0.05) is 10.8 Å². The molecule has 0 aromatic heterocycles. The lowest BCUT2D eigenvalue weighted by Gasteiger charge is -2.02. The maximum absolute atomic E-state index is 5.73. The van der Waals surface area contributed by atoms with Gasteiger partial charge in [-0.25, -0.2) is 0 Å². The minimum Gasteiger partial charge on any atom is -0.376 e. The molecule has 0 bridgehead atoms. The van der Waals surface area contributed by atoms with Crippen LogP contribution >= 0.6 is 35.8 Å². The molecule has 0 fully saturated rings. The van der Waals surface area contributed by atoms with Crippen LogP contribution in [0.25, 0.3) is 0 Å². The van der Waals surface area contributed by atoms with E-state index in [1.807, 2.05) is 24.3 Å². The molecule has 0 amide bonds. The molecule has 1 aromatic rings. The predicted octanol–water partition coefficient (Wildman–Crippen LogP) is 2.32. The topological polar surface area (TPSA) is 38.0 Å². The van der Waals surface area contributed by atoms with E-state index in [2.05, 4.69) is 16.9 Å². The monoisotopic (exact) mass is 232 g/mol. The molecule has 0 atom stereocenters. The Morgan fingerprint density at radius 2 is 2.08 bits per heavy atom. The fraction of sp³-hybridized carbons (Fsp3) is 0.125. The largest absolute Gasteiger partial charge is 0.376 e. The van der Waals surface area contributed by atoms with E-state index in [0.717, 1.165) is 10.8 Å². The van der Waals surface area contributed by atoms with Gasteiger partial charge in [0.15, 0.2) is 5.11 Å². The van der Waals surface area contributed by atoms with Crippen LogP contribution in [0.3, 0.4) is 0 Å². The zero-order valence-electron chi connectivity index (χ0n) is 6.79. The van der Waals surface area contributed by atoms with Crippen molar-refractivity contribution in [2.45, 2.75) is 5.75 Å². The minimum absolute atomic E-state index is 0.305. The van der Waals surface area contributed by atoms with Gasteiger partial charge < -0.3 is 10.5 Å². The maximum Gasteiger partial charge on any atom is 0.173 e. The van der Waals surface area contributed by atoms with Crippen molar-refractivity contribution in [1.29, 1.82) is 0 Å². The quantitative estimate of drug-likeness (QED) is 0.620. The molecule has 70 valence electrons.